The van der Waals surface area contributed by atoms with E-state index in [2.05, 4.69) is 28.8 Å². The average Bonchev–Trinajstić information content (AvgIpc) is 2.90. The molecular formula is C16H22N4O. The monoisotopic (exact) mass is 286 g/mol. The molecule has 5 heteroatoms. The molecule has 1 fully saturated rings. The Labute approximate surface area is 126 Å². The minimum absolute atomic E-state index is 0.0476. The van der Waals surface area contributed by atoms with E-state index in [0.29, 0.717) is 18.3 Å². The van der Waals surface area contributed by atoms with Gasteiger partial charge in [0.1, 0.15) is 5.69 Å². The molecule has 2 heterocycles. The topological polar surface area (TPSA) is 62.5 Å². The quantitative estimate of drug-likeness (QED) is 0.825. The molecule has 1 aliphatic rings. The van der Waals surface area contributed by atoms with E-state index in [1.54, 1.807) is 23.2 Å². The van der Waals surface area contributed by atoms with Crippen molar-refractivity contribution in [2.24, 2.45) is 5.73 Å². The van der Waals surface area contributed by atoms with Crippen molar-refractivity contribution in [1.29, 1.82) is 0 Å². The van der Waals surface area contributed by atoms with Crippen LogP contribution in [0.1, 0.15) is 28.9 Å². The zero-order valence-corrected chi connectivity index (χ0v) is 12.7. The first-order chi connectivity index (χ1) is 10.1. The van der Waals surface area contributed by atoms with Gasteiger partial charge in [-0.05, 0) is 38.6 Å². The molecule has 0 saturated carbocycles. The lowest BCUT2D eigenvalue weighted by Gasteiger charge is -2.25. The Morgan fingerprint density at radius 3 is 2.95 bits per heavy atom. The van der Waals surface area contributed by atoms with Crippen molar-refractivity contribution in [1.82, 2.24) is 14.8 Å². The number of nitrogens with two attached hydrogens (primary N) is 1. The summed E-state index contributed by atoms with van der Waals surface area (Å²) in [6.45, 7) is 2.17. The summed E-state index contributed by atoms with van der Waals surface area (Å²) in [5, 5.41) is 0. The van der Waals surface area contributed by atoms with E-state index in [9.17, 15) is 4.79 Å². The van der Waals surface area contributed by atoms with Gasteiger partial charge in [-0.1, -0.05) is 11.8 Å². The van der Waals surface area contributed by atoms with Gasteiger partial charge < -0.3 is 15.5 Å². The summed E-state index contributed by atoms with van der Waals surface area (Å²) in [4.78, 5) is 20.6. The fourth-order valence-electron chi connectivity index (χ4n) is 2.55. The van der Waals surface area contributed by atoms with Crippen molar-refractivity contribution in [2.45, 2.75) is 18.9 Å². The Morgan fingerprint density at radius 2 is 2.38 bits per heavy atom. The van der Waals surface area contributed by atoms with Crippen LogP contribution in [0.15, 0.2) is 18.3 Å². The minimum atomic E-state index is -0.0476. The number of hydrogen-bond donors (Lipinski definition) is 1. The summed E-state index contributed by atoms with van der Waals surface area (Å²) in [7, 11) is 3.94. The van der Waals surface area contributed by atoms with E-state index in [0.717, 1.165) is 25.1 Å². The summed E-state index contributed by atoms with van der Waals surface area (Å²) < 4.78 is 0. The predicted octanol–water partition coefficient (Wildman–Crippen LogP) is 0.558. The number of hydrogen-bond acceptors (Lipinski definition) is 4. The van der Waals surface area contributed by atoms with Gasteiger partial charge in [0.15, 0.2) is 0 Å². The van der Waals surface area contributed by atoms with E-state index < -0.39 is 0 Å². The molecule has 1 amide bonds. The van der Waals surface area contributed by atoms with Gasteiger partial charge in [0, 0.05) is 31.4 Å². The number of carbonyl (C=O) groups excluding carboxylic acids is 1. The number of likely N-dealkylation sites (N-methyl/N-ethyl adjacent to an activating group) is 2. The van der Waals surface area contributed by atoms with Gasteiger partial charge in [0.25, 0.3) is 5.91 Å². The van der Waals surface area contributed by atoms with Crippen LogP contribution in [0.25, 0.3) is 0 Å². The van der Waals surface area contributed by atoms with Crippen molar-refractivity contribution in [3.8, 4) is 11.8 Å². The summed E-state index contributed by atoms with van der Waals surface area (Å²) in [5.41, 5.74) is 6.55. The minimum Gasteiger partial charge on any atom is -0.339 e. The highest BCUT2D eigenvalue weighted by Crippen LogP contribution is 2.16. The third-order valence-electron chi connectivity index (χ3n) is 3.82. The lowest BCUT2D eigenvalue weighted by molar-refractivity contribution is 0.0756. The first kappa shape index (κ1) is 15.5. The zero-order chi connectivity index (χ0) is 15.2. The van der Waals surface area contributed by atoms with Gasteiger partial charge in [-0.15, -0.1) is 0 Å². The molecule has 0 aromatic carbocycles. The third kappa shape index (κ3) is 4.03. The van der Waals surface area contributed by atoms with E-state index >= 15 is 0 Å². The van der Waals surface area contributed by atoms with Crippen LogP contribution < -0.4 is 5.73 Å². The molecule has 2 N–H and O–H groups in total. The molecule has 1 aromatic heterocycles. The van der Waals surface area contributed by atoms with Crippen molar-refractivity contribution in [3.63, 3.8) is 0 Å². The number of carbonyl (C=O) groups is 1. The highest BCUT2D eigenvalue weighted by atomic mass is 16.2. The number of likely N-dealkylation sites (tertiary alicyclic amines) is 1. The molecule has 1 unspecified atom stereocenters. The fourth-order valence-corrected chi connectivity index (χ4v) is 2.55. The number of pyridine rings is 1. The van der Waals surface area contributed by atoms with E-state index in [1.807, 2.05) is 7.05 Å². The van der Waals surface area contributed by atoms with E-state index in [4.69, 9.17) is 5.73 Å². The molecule has 0 radical (unpaired) electrons. The number of aromatic nitrogens is 1. The molecule has 1 aliphatic heterocycles. The normalized spacial score (nSPS) is 18.1. The molecule has 21 heavy (non-hydrogen) atoms. The van der Waals surface area contributed by atoms with Crippen LogP contribution >= 0.6 is 0 Å². The Bertz CT molecular complexity index is 544. The predicted molar refractivity (Wildman–Crippen MR) is 82.8 cm³/mol. The highest BCUT2D eigenvalue weighted by molar-refractivity contribution is 5.92. The lowest BCUT2D eigenvalue weighted by Crippen LogP contribution is -2.39. The molecule has 1 atom stereocenters. The van der Waals surface area contributed by atoms with Crippen LogP contribution in [0.2, 0.25) is 0 Å². The van der Waals surface area contributed by atoms with Crippen molar-refractivity contribution in [2.75, 3.05) is 33.7 Å². The second-order valence-corrected chi connectivity index (χ2v) is 5.40. The van der Waals surface area contributed by atoms with Crippen LogP contribution in [-0.2, 0) is 0 Å². The van der Waals surface area contributed by atoms with Crippen LogP contribution in [0, 0.1) is 11.8 Å². The lowest BCUT2D eigenvalue weighted by atomic mass is 10.2. The van der Waals surface area contributed by atoms with Gasteiger partial charge >= 0.3 is 0 Å². The zero-order valence-electron chi connectivity index (χ0n) is 12.7. The fraction of sp³-hybridized carbons (Fsp3) is 0.500. The Morgan fingerprint density at radius 1 is 1.57 bits per heavy atom. The van der Waals surface area contributed by atoms with Crippen LogP contribution in [0.5, 0.6) is 0 Å². The van der Waals surface area contributed by atoms with Gasteiger partial charge in [-0.3, -0.25) is 4.79 Å². The SMILES string of the molecule is CN(CC1CCCN1C)C(=O)c1ccc(C#CCN)cn1. The Hall–Kier alpha value is -1.90. The Balaban J connectivity index is 1.98. The largest absolute Gasteiger partial charge is 0.339 e. The van der Waals surface area contributed by atoms with Crippen molar-refractivity contribution in [3.05, 3.63) is 29.6 Å². The second kappa shape index (κ2) is 7.21. The van der Waals surface area contributed by atoms with Gasteiger partial charge in [0.05, 0.1) is 6.54 Å². The molecule has 1 aromatic rings. The molecular weight excluding hydrogens is 264 g/mol. The third-order valence-corrected chi connectivity index (χ3v) is 3.82. The first-order valence-electron chi connectivity index (χ1n) is 7.22. The molecule has 112 valence electrons. The van der Waals surface area contributed by atoms with Gasteiger partial charge in [-0.25, -0.2) is 4.98 Å². The second-order valence-electron chi connectivity index (χ2n) is 5.40. The standard InChI is InChI=1S/C16H22N4O/c1-19-10-4-6-14(19)12-20(2)16(21)15-8-7-13(11-18-15)5-3-9-17/h7-8,11,14H,4,6,9-10,12,17H2,1-2H3. The maximum absolute atomic E-state index is 12.4. The number of amides is 1. The van der Waals surface area contributed by atoms with Crippen molar-refractivity contribution < 1.29 is 4.79 Å². The summed E-state index contributed by atoms with van der Waals surface area (Å²) in [6.07, 6.45) is 3.97. The molecule has 0 bridgehead atoms. The number of nitrogens with zero attached hydrogens (tertiary/aromatic N) is 3. The van der Waals surface area contributed by atoms with Crippen molar-refractivity contribution >= 4 is 5.91 Å². The van der Waals surface area contributed by atoms with Crippen LogP contribution in [-0.4, -0.2) is 60.5 Å². The molecule has 1 saturated heterocycles. The summed E-state index contributed by atoms with van der Waals surface area (Å²) in [5.74, 6) is 5.61. The summed E-state index contributed by atoms with van der Waals surface area (Å²) >= 11 is 0. The van der Waals surface area contributed by atoms with Crippen LogP contribution in [0.4, 0.5) is 0 Å². The molecule has 2 rings (SSSR count). The maximum atomic E-state index is 12.4. The van der Waals surface area contributed by atoms with Gasteiger partial charge in [-0.2, -0.15) is 0 Å². The molecule has 0 spiro atoms. The average molecular weight is 286 g/mol. The van der Waals surface area contributed by atoms with E-state index in [1.165, 1.54) is 6.42 Å². The molecule has 5 nitrogen and oxygen atoms in total. The maximum Gasteiger partial charge on any atom is 0.272 e. The first-order valence-corrected chi connectivity index (χ1v) is 7.22. The number of rotatable bonds is 3. The highest BCUT2D eigenvalue weighted by Gasteiger charge is 2.24. The smallest absolute Gasteiger partial charge is 0.272 e. The Kier molecular flexibility index (Phi) is 5.32. The van der Waals surface area contributed by atoms with Crippen LogP contribution in [0.3, 0.4) is 0 Å². The molecule has 0 aliphatic carbocycles. The van der Waals surface area contributed by atoms with Gasteiger partial charge in [0.2, 0.25) is 0 Å². The summed E-state index contributed by atoms with van der Waals surface area (Å²) in [6, 6.07) is 3.98. The van der Waals surface area contributed by atoms with E-state index in [-0.39, 0.29) is 5.91 Å².